The summed E-state index contributed by atoms with van der Waals surface area (Å²) >= 11 is 0. The molecule has 0 N–H and O–H groups in total. The van der Waals surface area contributed by atoms with Gasteiger partial charge in [-0.3, -0.25) is 15.1 Å². The molecule has 0 atom stereocenters. The first-order chi connectivity index (χ1) is 5.25. The van der Waals surface area contributed by atoms with Crippen LogP contribution in [0.3, 0.4) is 0 Å². The summed E-state index contributed by atoms with van der Waals surface area (Å²) in [5, 5.41) is 10.3. The van der Waals surface area contributed by atoms with E-state index in [2.05, 4.69) is 11.6 Å². The summed E-state index contributed by atoms with van der Waals surface area (Å²) in [6.45, 7) is 4.12. The molecule has 0 saturated carbocycles. The Hall–Kier alpha value is -1.45. The molecule has 4 heteroatoms. The molecule has 0 amide bonds. The molecule has 0 spiro atoms. The Morgan fingerprint density at radius 3 is 3.00 bits per heavy atom. The summed E-state index contributed by atoms with van der Waals surface area (Å²) < 4.78 is 0. The highest BCUT2D eigenvalue weighted by atomic mass is 16.6. The van der Waals surface area contributed by atoms with E-state index in [1.807, 2.05) is 0 Å². The highest BCUT2D eigenvalue weighted by molar-refractivity contribution is 5.78. The number of nitro groups is 1. The van der Waals surface area contributed by atoms with Gasteiger partial charge >= 0.3 is 0 Å². The summed E-state index contributed by atoms with van der Waals surface area (Å²) in [6.07, 6.45) is 3.43. The molecule has 0 aliphatic carbocycles. The Morgan fingerprint density at radius 1 is 1.82 bits per heavy atom. The van der Waals surface area contributed by atoms with Gasteiger partial charge in [0, 0.05) is 12.1 Å². The fraction of sp³-hybridized carbons (Fsp3) is 0.286. The zero-order valence-corrected chi connectivity index (χ0v) is 5.99. The van der Waals surface area contributed by atoms with E-state index in [-0.39, 0.29) is 5.70 Å². The molecule has 11 heavy (non-hydrogen) atoms. The van der Waals surface area contributed by atoms with Crippen LogP contribution in [0.5, 0.6) is 0 Å². The second-order valence-electron chi connectivity index (χ2n) is 2.16. The zero-order chi connectivity index (χ0) is 8.27. The van der Waals surface area contributed by atoms with Crippen molar-refractivity contribution < 1.29 is 4.92 Å². The largest absolute Gasteiger partial charge is 0.290 e. The van der Waals surface area contributed by atoms with Crippen LogP contribution in [-0.2, 0) is 0 Å². The molecule has 1 heterocycles. The first-order valence-electron chi connectivity index (χ1n) is 3.25. The van der Waals surface area contributed by atoms with Gasteiger partial charge in [0.05, 0.1) is 11.1 Å². The Labute approximate surface area is 64.1 Å². The van der Waals surface area contributed by atoms with Crippen LogP contribution in [0.25, 0.3) is 0 Å². The molecule has 58 valence electrons. The molecule has 0 unspecified atom stereocenters. The van der Waals surface area contributed by atoms with Crippen molar-refractivity contribution >= 4 is 6.21 Å². The number of nitrogens with zero attached hydrogens (tertiary/aromatic N) is 2. The number of dihydropyridines is 1. The van der Waals surface area contributed by atoms with Crippen molar-refractivity contribution in [2.45, 2.75) is 6.42 Å². The highest BCUT2D eigenvalue weighted by Gasteiger charge is 2.15. The maximum absolute atomic E-state index is 10.3. The fourth-order valence-corrected chi connectivity index (χ4v) is 0.918. The predicted octanol–water partition coefficient (Wildman–Crippen LogP) is 1.18. The maximum Gasteiger partial charge on any atom is 0.290 e. The Morgan fingerprint density at radius 2 is 2.55 bits per heavy atom. The SMILES string of the molecule is C=CC1=C([N+](=O)[O-])C=NCC1. The average molecular weight is 152 g/mol. The first-order valence-corrected chi connectivity index (χ1v) is 3.25. The van der Waals surface area contributed by atoms with Gasteiger partial charge in [-0.1, -0.05) is 12.7 Å². The molecule has 1 rings (SSSR count). The molecule has 0 saturated heterocycles. The summed E-state index contributed by atoms with van der Waals surface area (Å²) in [5.74, 6) is 0. The molecule has 0 aromatic heterocycles. The summed E-state index contributed by atoms with van der Waals surface area (Å²) in [6, 6.07) is 0. The van der Waals surface area contributed by atoms with Crippen LogP contribution in [0.2, 0.25) is 0 Å². The van der Waals surface area contributed by atoms with Crippen molar-refractivity contribution in [1.82, 2.24) is 0 Å². The number of aliphatic imine (C=N–C) groups is 1. The normalized spacial score (nSPS) is 16.7. The van der Waals surface area contributed by atoms with Gasteiger partial charge in [0.2, 0.25) is 0 Å². The lowest BCUT2D eigenvalue weighted by Gasteiger charge is -2.03. The lowest BCUT2D eigenvalue weighted by molar-refractivity contribution is -0.415. The topological polar surface area (TPSA) is 55.5 Å². The van der Waals surface area contributed by atoms with Crippen molar-refractivity contribution in [3.05, 3.63) is 34.0 Å². The van der Waals surface area contributed by atoms with E-state index >= 15 is 0 Å². The van der Waals surface area contributed by atoms with Crippen LogP contribution in [0.4, 0.5) is 0 Å². The predicted molar refractivity (Wildman–Crippen MR) is 42.2 cm³/mol. The van der Waals surface area contributed by atoms with E-state index in [1.54, 1.807) is 0 Å². The molecule has 0 aromatic carbocycles. The van der Waals surface area contributed by atoms with Crippen molar-refractivity contribution in [2.75, 3.05) is 6.54 Å². The van der Waals surface area contributed by atoms with Gasteiger partial charge in [0.25, 0.3) is 5.70 Å². The Balaban J connectivity index is 3.01. The van der Waals surface area contributed by atoms with Gasteiger partial charge in [-0.05, 0) is 6.42 Å². The minimum Gasteiger partial charge on any atom is -0.286 e. The van der Waals surface area contributed by atoms with Gasteiger partial charge in [0.15, 0.2) is 0 Å². The van der Waals surface area contributed by atoms with Gasteiger partial charge in [0.1, 0.15) is 0 Å². The molecule has 0 radical (unpaired) electrons. The smallest absolute Gasteiger partial charge is 0.286 e. The average Bonchev–Trinajstić information content (AvgIpc) is 2.04. The summed E-state index contributed by atoms with van der Waals surface area (Å²) in [4.78, 5) is 13.7. The standard InChI is InChI=1S/C7H8N2O2/c1-2-6-3-4-8-5-7(6)9(10)11/h2,5H,1,3-4H2. The minimum absolute atomic E-state index is 0.0752. The van der Waals surface area contributed by atoms with E-state index in [4.69, 9.17) is 0 Å². The van der Waals surface area contributed by atoms with E-state index in [1.165, 1.54) is 12.3 Å². The minimum atomic E-state index is -0.431. The number of rotatable bonds is 2. The van der Waals surface area contributed by atoms with Crippen LogP contribution < -0.4 is 0 Å². The van der Waals surface area contributed by atoms with E-state index in [0.717, 1.165) is 0 Å². The summed E-state index contributed by atoms with van der Waals surface area (Å²) in [5.41, 5.74) is 0.747. The molecule has 0 bridgehead atoms. The molecular formula is C7H8N2O2. The monoisotopic (exact) mass is 152 g/mol. The van der Waals surface area contributed by atoms with Gasteiger partial charge in [-0.25, -0.2) is 0 Å². The zero-order valence-electron chi connectivity index (χ0n) is 5.99. The molecule has 0 fully saturated rings. The second kappa shape index (κ2) is 3.09. The first kappa shape index (κ1) is 7.65. The maximum atomic E-state index is 10.3. The van der Waals surface area contributed by atoms with Crippen molar-refractivity contribution in [3.8, 4) is 0 Å². The third kappa shape index (κ3) is 1.52. The lowest BCUT2D eigenvalue weighted by Crippen LogP contribution is -2.08. The molecule has 1 aliphatic rings. The van der Waals surface area contributed by atoms with Crippen LogP contribution in [-0.4, -0.2) is 17.7 Å². The van der Waals surface area contributed by atoms with E-state index in [0.29, 0.717) is 18.5 Å². The molecule has 0 aromatic rings. The Kier molecular flexibility index (Phi) is 2.15. The summed E-state index contributed by atoms with van der Waals surface area (Å²) in [7, 11) is 0. The number of hydrogen-bond donors (Lipinski definition) is 0. The van der Waals surface area contributed by atoms with Crippen molar-refractivity contribution in [2.24, 2.45) is 4.99 Å². The van der Waals surface area contributed by atoms with Crippen LogP contribution in [0.1, 0.15) is 6.42 Å². The van der Waals surface area contributed by atoms with E-state index in [9.17, 15) is 10.1 Å². The van der Waals surface area contributed by atoms with Gasteiger partial charge in [-0.2, -0.15) is 0 Å². The number of hydrogen-bond acceptors (Lipinski definition) is 3. The van der Waals surface area contributed by atoms with Crippen molar-refractivity contribution in [3.63, 3.8) is 0 Å². The second-order valence-corrected chi connectivity index (χ2v) is 2.16. The highest BCUT2D eigenvalue weighted by Crippen LogP contribution is 2.13. The number of allylic oxidation sites excluding steroid dienone is 2. The van der Waals surface area contributed by atoms with Crippen LogP contribution >= 0.6 is 0 Å². The molecule has 4 nitrogen and oxygen atoms in total. The van der Waals surface area contributed by atoms with Crippen LogP contribution in [0.15, 0.2) is 28.9 Å². The quantitative estimate of drug-likeness (QED) is 0.440. The van der Waals surface area contributed by atoms with Crippen molar-refractivity contribution in [1.29, 1.82) is 0 Å². The van der Waals surface area contributed by atoms with Gasteiger partial charge < -0.3 is 0 Å². The fourth-order valence-electron chi connectivity index (χ4n) is 0.918. The lowest BCUT2D eigenvalue weighted by atomic mass is 10.1. The van der Waals surface area contributed by atoms with E-state index < -0.39 is 4.92 Å². The molecular weight excluding hydrogens is 144 g/mol. The molecule has 1 aliphatic heterocycles. The van der Waals surface area contributed by atoms with Crippen LogP contribution in [0, 0.1) is 10.1 Å². The Bertz CT molecular complexity index is 253. The van der Waals surface area contributed by atoms with Gasteiger partial charge in [-0.15, -0.1) is 0 Å². The third-order valence-corrected chi connectivity index (χ3v) is 1.50. The third-order valence-electron chi connectivity index (χ3n) is 1.50.